The zero-order valence-electron chi connectivity index (χ0n) is 11.7. The Labute approximate surface area is 127 Å². The van der Waals surface area contributed by atoms with Crippen LogP contribution >= 0.6 is 11.6 Å². The maximum absolute atomic E-state index is 6.17. The summed E-state index contributed by atoms with van der Waals surface area (Å²) in [6, 6.07) is 3.85. The van der Waals surface area contributed by atoms with Gasteiger partial charge in [0.15, 0.2) is 5.65 Å². The lowest BCUT2D eigenvalue weighted by Gasteiger charge is -2.28. The molecule has 2 saturated heterocycles. The molecule has 0 amide bonds. The van der Waals surface area contributed by atoms with Crippen LogP contribution in [-0.2, 0) is 9.47 Å². The summed E-state index contributed by atoms with van der Waals surface area (Å²) in [6.45, 7) is 3.93. The number of aromatic nitrogens is 3. The van der Waals surface area contributed by atoms with Crippen LogP contribution in [0.4, 0.5) is 5.82 Å². The van der Waals surface area contributed by atoms with E-state index in [4.69, 9.17) is 26.2 Å². The molecule has 6 nitrogen and oxygen atoms in total. The van der Waals surface area contributed by atoms with Gasteiger partial charge < -0.3 is 14.4 Å². The molecule has 2 aromatic heterocycles. The van der Waals surface area contributed by atoms with Crippen molar-refractivity contribution in [3.63, 3.8) is 0 Å². The first-order valence-corrected chi connectivity index (χ1v) is 7.69. The van der Waals surface area contributed by atoms with Crippen LogP contribution in [0.2, 0.25) is 5.15 Å². The van der Waals surface area contributed by atoms with Gasteiger partial charge in [-0.05, 0) is 12.8 Å². The van der Waals surface area contributed by atoms with E-state index >= 15 is 0 Å². The molecule has 0 radical (unpaired) electrons. The molecule has 0 aromatic carbocycles. The van der Waals surface area contributed by atoms with Gasteiger partial charge in [0.05, 0.1) is 18.9 Å². The number of hydrogen-bond donors (Lipinski definition) is 0. The summed E-state index contributed by atoms with van der Waals surface area (Å²) in [5, 5.41) is 5.19. The van der Waals surface area contributed by atoms with E-state index in [2.05, 4.69) is 9.88 Å². The Morgan fingerprint density at radius 3 is 2.81 bits per heavy atom. The molecule has 2 aromatic rings. The summed E-state index contributed by atoms with van der Waals surface area (Å²) in [4.78, 5) is 6.61. The summed E-state index contributed by atoms with van der Waals surface area (Å²) in [6.07, 6.45) is 2.19. The molecule has 7 heteroatoms. The van der Waals surface area contributed by atoms with E-state index in [0.29, 0.717) is 5.15 Å². The fourth-order valence-corrected chi connectivity index (χ4v) is 3.12. The van der Waals surface area contributed by atoms with E-state index < -0.39 is 0 Å². The van der Waals surface area contributed by atoms with Gasteiger partial charge in [-0.25, -0.2) is 4.98 Å². The van der Waals surface area contributed by atoms with Gasteiger partial charge in [0.2, 0.25) is 0 Å². The van der Waals surface area contributed by atoms with Crippen LogP contribution in [0.15, 0.2) is 12.1 Å². The number of morpholine rings is 1. The predicted octanol–water partition coefficient (Wildman–Crippen LogP) is 2.07. The molecular formula is C14H17ClN4O2. The molecule has 0 N–H and O–H groups in total. The summed E-state index contributed by atoms with van der Waals surface area (Å²) in [5.74, 6) is 0.970. The van der Waals surface area contributed by atoms with Crippen LogP contribution in [0, 0.1) is 0 Å². The second-order valence-electron chi connectivity index (χ2n) is 5.38. The maximum atomic E-state index is 6.17. The second kappa shape index (κ2) is 5.44. The molecule has 0 saturated carbocycles. The highest BCUT2D eigenvalue weighted by Crippen LogP contribution is 2.30. The second-order valence-corrected chi connectivity index (χ2v) is 5.76. The molecule has 0 spiro atoms. The van der Waals surface area contributed by atoms with E-state index in [1.165, 1.54) is 0 Å². The van der Waals surface area contributed by atoms with Crippen LogP contribution in [0.3, 0.4) is 0 Å². The van der Waals surface area contributed by atoms with Gasteiger partial charge in [-0.3, -0.25) is 0 Å². The zero-order valence-corrected chi connectivity index (χ0v) is 12.4. The fourth-order valence-electron chi connectivity index (χ4n) is 2.93. The van der Waals surface area contributed by atoms with E-state index in [9.17, 15) is 0 Å². The number of ether oxygens (including phenoxy) is 2. The van der Waals surface area contributed by atoms with Crippen LogP contribution in [-0.4, -0.2) is 47.5 Å². The third-order valence-corrected chi connectivity index (χ3v) is 4.18. The molecule has 4 heterocycles. The van der Waals surface area contributed by atoms with Crippen LogP contribution in [0.5, 0.6) is 0 Å². The minimum atomic E-state index is 0.0861. The molecule has 4 rings (SSSR count). The third kappa shape index (κ3) is 2.47. The van der Waals surface area contributed by atoms with Gasteiger partial charge in [-0.1, -0.05) is 11.6 Å². The molecule has 2 fully saturated rings. The van der Waals surface area contributed by atoms with Crippen molar-refractivity contribution in [3.05, 3.63) is 23.0 Å². The first-order valence-electron chi connectivity index (χ1n) is 7.32. The van der Waals surface area contributed by atoms with Crippen LogP contribution < -0.4 is 4.90 Å². The van der Waals surface area contributed by atoms with Crippen molar-refractivity contribution < 1.29 is 9.47 Å². The van der Waals surface area contributed by atoms with Crippen molar-refractivity contribution in [1.82, 2.24) is 14.6 Å². The van der Waals surface area contributed by atoms with Gasteiger partial charge in [-0.15, -0.1) is 0 Å². The Hall–Kier alpha value is -1.37. The van der Waals surface area contributed by atoms with E-state index in [1.54, 1.807) is 0 Å². The Balaban J connectivity index is 1.77. The first kappa shape index (κ1) is 13.3. The topological polar surface area (TPSA) is 51.9 Å². The number of halogens is 1. The summed E-state index contributed by atoms with van der Waals surface area (Å²) in [5.41, 5.74) is 1.71. The molecular weight excluding hydrogens is 292 g/mol. The Kier molecular flexibility index (Phi) is 3.45. The molecule has 2 aliphatic heterocycles. The fraction of sp³-hybridized carbons (Fsp3) is 0.571. The number of anilines is 1. The predicted molar refractivity (Wildman–Crippen MR) is 79.0 cm³/mol. The highest BCUT2D eigenvalue weighted by molar-refractivity contribution is 6.29. The zero-order chi connectivity index (χ0) is 14.2. The average molecular weight is 309 g/mol. The molecule has 21 heavy (non-hydrogen) atoms. The van der Waals surface area contributed by atoms with Gasteiger partial charge in [0, 0.05) is 31.8 Å². The van der Waals surface area contributed by atoms with Crippen molar-refractivity contribution in [2.75, 3.05) is 37.8 Å². The van der Waals surface area contributed by atoms with Crippen LogP contribution in [0.25, 0.3) is 5.65 Å². The lowest BCUT2D eigenvalue weighted by Crippen LogP contribution is -2.37. The third-order valence-electron chi connectivity index (χ3n) is 3.99. The minimum absolute atomic E-state index is 0.0861. The van der Waals surface area contributed by atoms with E-state index in [-0.39, 0.29) is 6.10 Å². The SMILES string of the molecule is Clc1cc(N2CCOCC2)n2nc(C3CCCO3)cc2n1. The molecule has 0 aliphatic carbocycles. The highest BCUT2D eigenvalue weighted by atomic mass is 35.5. The lowest BCUT2D eigenvalue weighted by atomic mass is 10.2. The Bertz CT molecular complexity index is 648. The molecule has 0 bridgehead atoms. The number of fused-ring (bicyclic) bond motifs is 1. The van der Waals surface area contributed by atoms with Crippen molar-refractivity contribution in [1.29, 1.82) is 0 Å². The number of rotatable bonds is 2. The van der Waals surface area contributed by atoms with Gasteiger partial charge in [0.25, 0.3) is 0 Å². The Morgan fingerprint density at radius 1 is 1.19 bits per heavy atom. The quantitative estimate of drug-likeness (QED) is 0.795. The molecule has 1 unspecified atom stereocenters. The monoisotopic (exact) mass is 308 g/mol. The number of nitrogens with zero attached hydrogens (tertiary/aromatic N) is 4. The summed E-state index contributed by atoms with van der Waals surface area (Å²) >= 11 is 6.17. The maximum Gasteiger partial charge on any atom is 0.159 e. The highest BCUT2D eigenvalue weighted by Gasteiger charge is 2.23. The molecule has 2 aliphatic rings. The van der Waals surface area contributed by atoms with Crippen molar-refractivity contribution >= 4 is 23.1 Å². The van der Waals surface area contributed by atoms with Gasteiger partial charge in [0.1, 0.15) is 17.1 Å². The number of hydrogen-bond acceptors (Lipinski definition) is 5. The van der Waals surface area contributed by atoms with Crippen LogP contribution in [0.1, 0.15) is 24.6 Å². The minimum Gasteiger partial charge on any atom is -0.378 e. The van der Waals surface area contributed by atoms with Crippen molar-refractivity contribution in [2.24, 2.45) is 0 Å². The van der Waals surface area contributed by atoms with Crippen molar-refractivity contribution in [2.45, 2.75) is 18.9 Å². The van der Waals surface area contributed by atoms with Crippen molar-refractivity contribution in [3.8, 4) is 0 Å². The van der Waals surface area contributed by atoms with E-state index in [1.807, 2.05) is 16.6 Å². The standard InChI is InChI=1S/C14H17ClN4O2/c15-12-9-14(18-3-6-20-7-4-18)19-13(16-12)8-10(17-19)11-2-1-5-21-11/h8-9,11H,1-7H2. The largest absolute Gasteiger partial charge is 0.378 e. The van der Waals surface area contributed by atoms with E-state index in [0.717, 1.165) is 62.9 Å². The average Bonchev–Trinajstić information content (AvgIpc) is 3.16. The first-order chi connectivity index (χ1) is 10.3. The van der Waals surface area contributed by atoms with Gasteiger partial charge in [-0.2, -0.15) is 9.61 Å². The Morgan fingerprint density at radius 2 is 2.05 bits per heavy atom. The lowest BCUT2D eigenvalue weighted by molar-refractivity contribution is 0.108. The normalized spacial score (nSPS) is 23.1. The van der Waals surface area contributed by atoms with Gasteiger partial charge >= 0.3 is 0 Å². The summed E-state index contributed by atoms with van der Waals surface area (Å²) < 4.78 is 13.0. The molecule has 1 atom stereocenters. The smallest absolute Gasteiger partial charge is 0.159 e. The summed E-state index contributed by atoms with van der Waals surface area (Å²) in [7, 11) is 0. The molecule has 112 valence electrons.